The smallest absolute Gasteiger partial charge is 0.251 e. The predicted molar refractivity (Wildman–Crippen MR) is 88.6 cm³/mol. The lowest BCUT2D eigenvalue weighted by Crippen LogP contribution is -2.53. The lowest BCUT2D eigenvalue weighted by Gasteiger charge is -2.32. The molecule has 7 heteroatoms. The molecular formula is C17H21ClN2O4. The van der Waals surface area contributed by atoms with Crippen LogP contribution >= 0.6 is 11.6 Å². The molecular weight excluding hydrogens is 332 g/mol. The van der Waals surface area contributed by atoms with Crippen LogP contribution in [-0.4, -0.2) is 44.3 Å². The highest BCUT2D eigenvalue weighted by molar-refractivity contribution is 6.31. The van der Waals surface area contributed by atoms with Gasteiger partial charge in [0.15, 0.2) is 6.10 Å². The molecule has 0 saturated carbocycles. The second kappa shape index (κ2) is 7.96. The van der Waals surface area contributed by atoms with Gasteiger partial charge in [-0.1, -0.05) is 29.8 Å². The number of benzene rings is 1. The number of ether oxygens (including phenoxy) is 2. The first kappa shape index (κ1) is 17.2. The summed E-state index contributed by atoms with van der Waals surface area (Å²) < 4.78 is 10.8. The maximum Gasteiger partial charge on any atom is 0.251 e. The van der Waals surface area contributed by atoms with E-state index in [4.69, 9.17) is 21.1 Å². The van der Waals surface area contributed by atoms with Crippen LogP contribution in [0, 0.1) is 5.92 Å². The van der Waals surface area contributed by atoms with E-state index in [9.17, 15) is 9.59 Å². The molecule has 2 heterocycles. The van der Waals surface area contributed by atoms with Gasteiger partial charge in [0.2, 0.25) is 5.91 Å². The van der Waals surface area contributed by atoms with E-state index in [2.05, 4.69) is 10.6 Å². The fourth-order valence-electron chi connectivity index (χ4n) is 3.04. The summed E-state index contributed by atoms with van der Waals surface area (Å²) in [4.78, 5) is 24.3. The summed E-state index contributed by atoms with van der Waals surface area (Å²) >= 11 is 6.22. The third-order valence-corrected chi connectivity index (χ3v) is 4.76. The van der Waals surface area contributed by atoms with Gasteiger partial charge in [-0.15, -0.1) is 0 Å². The lowest BCUT2D eigenvalue weighted by atomic mass is 9.97. The minimum absolute atomic E-state index is 0.129. The minimum atomic E-state index is -0.789. The van der Waals surface area contributed by atoms with Crippen LogP contribution in [0.1, 0.15) is 24.4 Å². The first-order chi connectivity index (χ1) is 11.6. The number of hydrogen-bond donors (Lipinski definition) is 2. The molecule has 130 valence electrons. The van der Waals surface area contributed by atoms with Crippen molar-refractivity contribution in [3.63, 3.8) is 0 Å². The second-order valence-corrected chi connectivity index (χ2v) is 6.51. The van der Waals surface area contributed by atoms with Crippen molar-refractivity contribution < 1.29 is 19.1 Å². The minimum Gasteiger partial charge on any atom is -0.381 e. The molecule has 2 saturated heterocycles. The van der Waals surface area contributed by atoms with E-state index in [-0.39, 0.29) is 18.4 Å². The van der Waals surface area contributed by atoms with Crippen molar-refractivity contribution in [2.75, 3.05) is 26.4 Å². The Morgan fingerprint density at radius 1 is 1.29 bits per heavy atom. The molecule has 0 unspecified atom stereocenters. The maximum atomic E-state index is 12.6. The molecule has 2 aliphatic rings. The number of hydrogen-bond acceptors (Lipinski definition) is 4. The van der Waals surface area contributed by atoms with E-state index in [0.29, 0.717) is 23.0 Å². The van der Waals surface area contributed by atoms with Gasteiger partial charge in [-0.2, -0.15) is 0 Å². The van der Waals surface area contributed by atoms with Crippen LogP contribution in [0.3, 0.4) is 0 Å². The van der Waals surface area contributed by atoms with E-state index in [1.54, 1.807) is 18.2 Å². The van der Waals surface area contributed by atoms with Gasteiger partial charge >= 0.3 is 0 Å². The zero-order chi connectivity index (χ0) is 16.9. The van der Waals surface area contributed by atoms with Crippen molar-refractivity contribution in [2.45, 2.75) is 25.0 Å². The second-order valence-electron chi connectivity index (χ2n) is 6.10. The van der Waals surface area contributed by atoms with Crippen LogP contribution in [0.25, 0.3) is 0 Å². The number of carbonyl (C=O) groups is 2. The van der Waals surface area contributed by atoms with Crippen molar-refractivity contribution in [1.82, 2.24) is 10.6 Å². The average molecular weight is 353 g/mol. The highest BCUT2D eigenvalue weighted by Gasteiger charge is 2.37. The van der Waals surface area contributed by atoms with Gasteiger partial charge in [0.25, 0.3) is 5.91 Å². The number of morpholine rings is 1. The molecule has 1 aromatic rings. The molecule has 3 rings (SSSR count). The summed E-state index contributed by atoms with van der Waals surface area (Å²) in [6, 6.07) is 6.56. The highest BCUT2D eigenvalue weighted by Crippen LogP contribution is 2.28. The average Bonchev–Trinajstić information content (AvgIpc) is 2.61. The monoisotopic (exact) mass is 352 g/mol. The van der Waals surface area contributed by atoms with Crippen LogP contribution in [0.4, 0.5) is 0 Å². The van der Waals surface area contributed by atoms with Crippen LogP contribution in [-0.2, 0) is 19.1 Å². The van der Waals surface area contributed by atoms with Crippen molar-refractivity contribution >= 4 is 23.4 Å². The molecule has 0 spiro atoms. The zero-order valence-corrected chi connectivity index (χ0v) is 14.1. The number of amides is 2. The van der Waals surface area contributed by atoms with Gasteiger partial charge in [-0.05, 0) is 30.4 Å². The van der Waals surface area contributed by atoms with Gasteiger partial charge in [0, 0.05) is 24.8 Å². The molecule has 2 N–H and O–H groups in total. The Morgan fingerprint density at radius 2 is 2.04 bits per heavy atom. The number of halogens is 1. The molecule has 0 bridgehead atoms. The molecule has 6 nitrogen and oxygen atoms in total. The molecule has 2 atom stereocenters. The van der Waals surface area contributed by atoms with E-state index in [1.807, 2.05) is 6.07 Å². The normalized spacial score (nSPS) is 25.1. The number of carbonyl (C=O) groups excluding carboxylic acids is 2. The third-order valence-electron chi connectivity index (χ3n) is 4.42. The molecule has 2 amide bonds. The number of nitrogens with one attached hydrogen (secondary N) is 2. The van der Waals surface area contributed by atoms with Gasteiger partial charge < -0.3 is 20.1 Å². The summed E-state index contributed by atoms with van der Waals surface area (Å²) in [6.07, 6.45) is 1.09. The zero-order valence-electron chi connectivity index (χ0n) is 13.3. The molecule has 2 aliphatic heterocycles. The maximum absolute atomic E-state index is 12.6. The molecule has 0 aliphatic carbocycles. The Balaban J connectivity index is 1.68. The van der Waals surface area contributed by atoms with E-state index < -0.39 is 12.1 Å². The van der Waals surface area contributed by atoms with E-state index in [0.717, 1.165) is 26.1 Å². The van der Waals surface area contributed by atoms with Crippen LogP contribution in [0.5, 0.6) is 0 Å². The van der Waals surface area contributed by atoms with Crippen molar-refractivity contribution in [2.24, 2.45) is 5.92 Å². The Bertz CT molecular complexity index is 604. The van der Waals surface area contributed by atoms with Crippen LogP contribution in [0.2, 0.25) is 5.02 Å². The van der Waals surface area contributed by atoms with Crippen molar-refractivity contribution in [1.29, 1.82) is 0 Å². The van der Waals surface area contributed by atoms with Gasteiger partial charge in [0.1, 0.15) is 6.61 Å². The summed E-state index contributed by atoms with van der Waals surface area (Å²) in [5.74, 6) is -0.0699. The molecule has 2 fully saturated rings. The van der Waals surface area contributed by atoms with E-state index in [1.165, 1.54) is 0 Å². The largest absolute Gasteiger partial charge is 0.381 e. The first-order valence-corrected chi connectivity index (χ1v) is 8.54. The van der Waals surface area contributed by atoms with Crippen molar-refractivity contribution in [3.05, 3.63) is 34.9 Å². The molecule has 1 aromatic carbocycles. The summed E-state index contributed by atoms with van der Waals surface area (Å²) in [5.41, 5.74) is 0.679. The van der Waals surface area contributed by atoms with E-state index >= 15 is 0 Å². The fraction of sp³-hybridized carbons (Fsp3) is 0.529. The predicted octanol–water partition coefficient (Wildman–Crippen LogP) is 1.44. The highest BCUT2D eigenvalue weighted by atomic mass is 35.5. The fourth-order valence-corrected chi connectivity index (χ4v) is 3.30. The lowest BCUT2D eigenvalue weighted by molar-refractivity contribution is -0.148. The number of rotatable bonds is 4. The topological polar surface area (TPSA) is 76.7 Å². The van der Waals surface area contributed by atoms with Crippen LogP contribution < -0.4 is 10.6 Å². The Hall–Kier alpha value is -1.63. The Morgan fingerprint density at radius 3 is 2.79 bits per heavy atom. The molecule has 24 heavy (non-hydrogen) atoms. The Labute approximate surface area is 145 Å². The molecule has 0 aromatic heterocycles. The molecule has 0 radical (unpaired) electrons. The summed E-state index contributed by atoms with van der Waals surface area (Å²) in [5, 5.41) is 6.25. The van der Waals surface area contributed by atoms with Gasteiger partial charge in [0.05, 0.1) is 6.04 Å². The quantitative estimate of drug-likeness (QED) is 0.859. The third kappa shape index (κ3) is 4.06. The summed E-state index contributed by atoms with van der Waals surface area (Å²) in [6.45, 7) is 1.93. The van der Waals surface area contributed by atoms with Crippen molar-refractivity contribution in [3.8, 4) is 0 Å². The Kier molecular flexibility index (Phi) is 5.71. The SMILES string of the molecule is O=C1CO[C@H](C(=O)NCC2CCOCC2)[C@@H](c2ccccc2Cl)N1. The van der Waals surface area contributed by atoms with Gasteiger partial charge in [-0.3, -0.25) is 9.59 Å². The van der Waals surface area contributed by atoms with Gasteiger partial charge in [-0.25, -0.2) is 0 Å². The standard InChI is InChI=1S/C17H21ClN2O4/c18-13-4-2-1-3-12(13)15-16(24-10-14(21)20-15)17(22)19-9-11-5-7-23-8-6-11/h1-4,11,15-16H,5-10H2,(H,19,22)(H,20,21)/t15-,16+/m1/s1. The first-order valence-electron chi connectivity index (χ1n) is 8.16. The van der Waals surface area contributed by atoms with Crippen LogP contribution in [0.15, 0.2) is 24.3 Å². The summed E-state index contributed by atoms with van der Waals surface area (Å²) in [7, 11) is 0.